The van der Waals surface area contributed by atoms with Gasteiger partial charge in [0.25, 0.3) is 5.91 Å². The topological polar surface area (TPSA) is 63.1 Å². The first-order valence-corrected chi connectivity index (χ1v) is 9.68. The van der Waals surface area contributed by atoms with Gasteiger partial charge in [0.15, 0.2) is 0 Å². The van der Waals surface area contributed by atoms with Crippen LogP contribution >= 0.6 is 0 Å². The van der Waals surface area contributed by atoms with E-state index in [1.54, 1.807) is 31.5 Å². The Morgan fingerprint density at radius 1 is 1.21 bits per heavy atom. The van der Waals surface area contributed by atoms with Crippen LogP contribution in [-0.2, 0) is 6.54 Å². The van der Waals surface area contributed by atoms with Crippen molar-refractivity contribution in [3.63, 3.8) is 0 Å². The number of nitrogens with one attached hydrogen (secondary N) is 1. The van der Waals surface area contributed by atoms with Crippen LogP contribution in [0.4, 0.5) is 16.0 Å². The number of amides is 1. The van der Waals surface area contributed by atoms with Crippen molar-refractivity contribution in [3.05, 3.63) is 59.9 Å². The maximum absolute atomic E-state index is 13.8. The van der Waals surface area contributed by atoms with Crippen molar-refractivity contribution in [2.24, 2.45) is 5.92 Å². The number of hydrogen-bond acceptors (Lipinski definition) is 4. The van der Waals surface area contributed by atoms with Crippen LogP contribution in [0.2, 0.25) is 0 Å². The number of aryl methyl sites for hydroxylation is 1. The first-order chi connectivity index (χ1) is 13.9. The lowest BCUT2D eigenvalue weighted by atomic mass is 10.2. The predicted octanol–water partition coefficient (Wildman–Crippen LogP) is 4.12. The van der Waals surface area contributed by atoms with Gasteiger partial charge in [0.05, 0.1) is 0 Å². The number of rotatable bonds is 6. The lowest BCUT2D eigenvalue weighted by molar-refractivity contribution is 0.101. The number of nitrogens with zero attached hydrogens (tertiary/aromatic N) is 4. The van der Waals surface area contributed by atoms with Crippen molar-refractivity contribution < 1.29 is 9.18 Å². The fraction of sp³-hybridized carbons (Fsp3) is 0.318. The Kier molecular flexibility index (Phi) is 5.05. The van der Waals surface area contributed by atoms with E-state index >= 15 is 0 Å². The zero-order valence-electron chi connectivity index (χ0n) is 16.8. The standard InChI is InChI=1S/C22H24FN5O/c1-14-4-7-18(9-19(14)23)26-21(29)20-8-16(13-28(20)12-15-5-6-15)17-10-24-22(25-11-17)27(2)3/h4,7-11,13,15H,5-6,12H2,1-3H3,(H,26,29). The van der Waals surface area contributed by atoms with E-state index in [0.29, 0.717) is 28.8 Å². The molecule has 1 aliphatic rings. The van der Waals surface area contributed by atoms with E-state index in [-0.39, 0.29) is 11.7 Å². The molecule has 1 fully saturated rings. The van der Waals surface area contributed by atoms with Crippen LogP contribution in [0.5, 0.6) is 0 Å². The summed E-state index contributed by atoms with van der Waals surface area (Å²) in [7, 11) is 3.77. The summed E-state index contributed by atoms with van der Waals surface area (Å²) in [4.78, 5) is 23.5. The monoisotopic (exact) mass is 393 g/mol. The van der Waals surface area contributed by atoms with Gasteiger partial charge in [-0.2, -0.15) is 0 Å². The van der Waals surface area contributed by atoms with Crippen LogP contribution in [0.15, 0.2) is 42.9 Å². The quantitative estimate of drug-likeness (QED) is 0.684. The molecule has 0 atom stereocenters. The van der Waals surface area contributed by atoms with E-state index in [1.807, 2.05) is 35.8 Å². The summed E-state index contributed by atoms with van der Waals surface area (Å²) >= 11 is 0. The Morgan fingerprint density at radius 2 is 1.93 bits per heavy atom. The van der Waals surface area contributed by atoms with Gasteiger partial charge in [-0.1, -0.05) is 6.07 Å². The van der Waals surface area contributed by atoms with Crippen LogP contribution < -0.4 is 10.2 Å². The number of carbonyl (C=O) groups excluding carboxylic acids is 1. The largest absolute Gasteiger partial charge is 0.347 e. The third-order valence-corrected chi connectivity index (χ3v) is 5.08. The molecule has 0 bridgehead atoms. The average Bonchev–Trinajstić information content (AvgIpc) is 3.41. The lowest BCUT2D eigenvalue weighted by Gasteiger charge is -2.10. The molecule has 1 saturated carbocycles. The Bertz CT molecular complexity index is 1040. The Labute approximate surface area is 169 Å². The summed E-state index contributed by atoms with van der Waals surface area (Å²) in [5.74, 6) is 0.637. The zero-order chi connectivity index (χ0) is 20.5. The van der Waals surface area contributed by atoms with Crippen molar-refractivity contribution in [1.29, 1.82) is 0 Å². The molecule has 3 aromatic rings. The fourth-order valence-corrected chi connectivity index (χ4v) is 3.16. The molecule has 150 valence electrons. The number of aromatic nitrogens is 3. The minimum atomic E-state index is -0.338. The van der Waals surface area contributed by atoms with Crippen molar-refractivity contribution >= 4 is 17.5 Å². The normalized spacial score (nSPS) is 13.4. The molecule has 0 aliphatic heterocycles. The number of anilines is 2. The summed E-state index contributed by atoms with van der Waals surface area (Å²) in [5.41, 5.74) is 3.27. The summed E-state index contributed by atoms with van der Waals surface area (Å²) in [6, 6.07) is 6.55. The minimum Gasteiger partial charge on any atom is -0.347 e. The molecule has 1 aliphatic carbocycles. The van der Waals surface area contributed by atoms with Gasteiger partial charge in [-0.25, -0.2) is 14.4 Å². The highest BCUT2D eigenvalue weighted by atomic mass is 19.1. The van der Waals surface area contributed by atoms with Crippen LogP contribution in [0.25, 0.3) is 11.1 Å². The van der Waals surface area contributed by atoms with E-state index < -0.39 is 0 Å². The number of benzene rings is 1. The molecule has 7 heteroatoms. The molecule has 0 unspecified atom stereocenters. The SMILES string of the molecule is Cc1ccc(NC(=O)c2cc(-c3cnc(N(C)C)nc3)cn2CC2CC2)cc1F. The second-order valence-corrected chi connectivity index (χ2v) is 7.79. The molecule has 6 nitrogen and oxygen atoms in total. The highest BCUT2D eigenvalue weighted by Crippen LogP contribution is 2.32. The molecule has 0 saturated heterocycles. The Balaban J connectivity index is 1.62. The number of halogens is 1. The molecule has 0 spiro atoms. The molecule has 2 heterocycles. The third kappa shape index (κ3) is 4.29. The Hall–Kier alpha value is -3.22. The van der Waals surface area contributed by atoms with E-state index in [1.165, 1.54) is 18.9 Å². The van der Waals surface area contributed by atoms with Crippen molar-refractivity contribution in [2.45, 2.75) is 26.3 Å². The van der Waals surface area contributed by atoms with E-state index in [2.05, 4.69) is 15.3 Å². The molecule has 2 aromatic heterocycles. The smallest absolute Gasteiger partial charge is 0.272 e. The van der Waals surface area contributed by atoms with Gasteiger partial charge >= 0.3 is 0 Å². The minimum absolute atomic E-state index is 0.258. The van der Waals surface area contributed by atoms with Crippen LogP contribution in [0, 0.1) is 18.7 Å². The molecule has 1 N–H and O–H groups in total. The first-order valence-electron chi connectivity index (χ1n) is 9.68. The third-order valence-electron chi connectivity index (χ3n) is 5.08. The molecule has 1 aromatic carbocycles. The molecule has 0 radical (unpaired) electrons. The van der Waals surface area contributed by atoms with Gasteiger partial charge in [-0.15, -0.1) is 0 Å². The Morgan fingerprint density at radius 3 is 2.55 bits per heavy atom. The highest BCUT2D eigenvalue weighted by molar-refractivity contribution is 6.04. The van der Waals surface area contributed by atoms with Gasteiger partial charge in [0.2, 0.25) is 5.95 Å². The van der Waals surface area contributed by atoms with E-state index in [9.17, 15) is 9.18 Å². The molecule has 1 amide bonds. The van der Waals surface area contributed by atoms with Crippen LogP contribution in [-0.4, -0.2) is 34.5 Å². The molecule has 4 rings (SSSR count). The van der Waals surface area contributed by atoms with E-state index in [0.717, 1.165) is 17.7 Å². The second kappa shape index (κ2) is 7.66. The van der Waals surface area contributed by atoms with Gasteiger partial charge in [0.1, 0.15) is 11.5 Å². The summed E-state index contributed by atoms with van der Waals surface area (Å²) in [5, 5.41) is 2.81. The lowest BCUT2D eigenvalue weighted by Crippen LogP contribution is -2.17. The highest BCUT2D eigenvalue weighted by Gasteiger charge is 2.25. The summed E-state index contributed by atoms with van der Waals surface area (Å²) in [6.07, 6.45) is 7.85. The number of carbonyl (C=O) groups is 1. The van der Waals surface area contributed by atoms with Crippen molar-refractivity contribution in [2.75, 3.05) is 24.3 Å². The fourth-order valence-electron chi connectivity index (χ4n) is 3.16. The summed E-state index contributed by atoms with van der Waals surface area (Å²) < 4.78 is 15.8. The zero-order valence-corrected chi connectivity index (χ0v) is 16.8. The maximum Gasteiger partial charge on any atom is 0.272 e. The van der Waals surface area contributed by atoms with Gasteiger partial charge in [-0.3, -0.25) is 4.79 Å². The van der Waals surface area contributed by atoms with Crippen LogP contribution in [0.3, 0.4) is 0 Å². The summed E-state index contributed by atoms with van der Waals surface area (Å²) in [6.45, 7) is 2.49. The maximum atomic E-state index is 13.8. The van der Waals surface area contributed by atoms with Gasteiger partial charge in [0, 0.05) is 56.0 Å². The van der Waals surface area contributed by atoms with Gasteiger partial charge < -0.3 is 14.8 Å². The number of hydrogen-bond donors (Lipinski definition) is 1. The predicted molar refractivity (Wildman–Crippen MR) is 112 cm³/mol. The second-order valence-electron chi connectivity index (χ2n) is 7.79. The first kappa shape index (κ1) is 19.1. The van der Waals surface area contributed by atoms with Gasteiger partial charge in [-0.05, 0) is 49.4 Å². The molecule has 29 heavy (non-hydrogen) atoms. The average molecular weight is 393 g/mol. The molecular weight excluding hydrogens is 369 g/mol. The van der Waals surface area contributed by atoms with Crippen molar-refractivity contribution in [3.8, 4) is 11.1 Å². The molecular formula is C22H24FN5O. The van der Waals surface area contributed by atoms with E-state index in [4.69, 9.17) is 0 Å². The van der Waals surface area contributed by atoms with Crippen LogP contribution in [0.1, 0.15) is 28.9 Å². The van der Waals surface area contributed by atoms with Crippen molar-refractivity contribution in [1.82, 2.24) is 14.5 Å².